The Hall–Kier alpha value is -5.00. The third-order valence-corrected chi connectivity index (χ3v) is 6.65. The zero-order valence-corrected chi connectivity index (χ0v) is 22.7. The molecule has 1 aromatic carbocycles. The first-order chi connectivity index (χ1) is 19.9. The number of aliphatic carboxylic acids is 1. The molecule has 4 amide bonds. The van der Waals surface area contributed by atoms with E-state index in [1.165, 1.54) is 6.20 Å². The van der Waals surface area contributed by atoms with Gasteiger partial charge in [0.05, 0.1) is 29.4 Å². The van der Waals surface area contributed by atoms with Gasteiger partial charge in [0, 0.05) is 63.1 Å². The minimum Gasteiger partial charge on any atom is -0.481 e. The molecule has 1 saturated heterocycles. The molecule has 2 aromatic heterocycles. The van der Waals surface area contributed by atoms with Gasteiger partial charge in [0.25, 0.3) is 11.8 Å². The van der Waals surface area contributed by atoms with Crippen LogP contribution in [0.3, 0.4) is 0 Å². The fourth-order valence-electron chi connectivity index (χ4n) is 4.66. The number of aromatic nitrogens is 2. The Morgan fingerprint density at radius 3 is 2.41 bits per heavy atom. The van der Waals surface area contributed by atoms with Crippen molar-refractivity contribution in [2.24, 2.45) is 0 Å². The molecule has 0 saturated carbocycles. The first-order valence-electron chi connectivity index (χ1n) is 13.4. The molecule has 1 aliphatic heterocycles. The fraction of sp³-hybridized carbons (Fsp3) is 0.310. The molecular weight excluding hydrogens is 526 g/mol. The van der Waals surface area contributed by atoms with Gasteiger partial charge >= 0.3 is 12.0 Å². The Morgan fingerprint density at radius 2 is 1.73 bits per heavy atom. The highest BCUT2D eigenvalue weighted by molar-refractivity contribution is 6.00. The van der Waals surface area contributed by atoms with Crippen molar-refractivity contribution in [1.29, 1.82) is 0 Å². The largest absolute Gasteiger partial charge is 0.481 e. The second-order valence-electron chi connectivity index (χ2n) is 9.50. The number of hydrogen-bond donors (Lipinski definition) is 4. The van der Waals surface area contributed by atoms with Crippen LogP contribution in [0, 0.1) is 0 Å². The summed E-state index contributed by atoms with van der Waals surface area (Å²) in [5.74, 6) is -1.64. The maximum Gasteiger partial charge on any atom is 0.319 e. The maximum absolute atomic E-state index is 13.3. The number of carboxylic acids is 1. The maximum atomic E-state index is 13.3. The second kappa shape index (κ2) is 13.9. The van der Waals surface area contributed by atoms with Crippen molar-refractivity contribution < 1.29 is 24.3 Å². The van der Waals surface area contributed by atoms with Gasteiger partial charge in [-0.15, -0.1) is 0 Å². The van der Waals surface area contributed by atoms with Gasteiger partial charge in [0.1, 0.15) is 0 Å². The SMILES string of the molecule is CCNC(=O)Nc1cc(C(=O)NC(CC(=O)O)c2cccnc2)ccc1N1CCCN(C(=O)c2cccnc2)CC1. The summed E-state index contributed by atoms with van der Waals surface area (Å²) in [6.07, 6.45) is 6.65. The number of nitrogens with zero attached hydrogens (tertiary/aromatic N) is 4. The van der Waals surface area contributed by atoms with Crippen LogP contribution in [0.4, 0.5) is 16.2 Å². The lowest BCUT2D eigenvalue weighted by Gasteiger charge is -2.26. The monoisotopic (exact) mass is 559 g/mol. The number of amides is 4. The number of hydrogen-bond acceptors (Lipinski definition) is 7. The van der Waals surface area contributed by atoms with Gasteiger partial charge in [-0.1, -0.05) is 6.07 Å². The van der Waals surface area contributed by atoms with Crippen LogP contribution in [0.1, 0.15) is 52.1 Å². The standard InChI is InChI=1S/C29H33N7O5/c1-2-32-29(41)34-24-16-20(27(39)33-23(17-26(37)38)21-6-3-10-30-18-21)8-9-25(24)35-12-5-13-36(15-14-35)28(40)22-7-4-11-31-19-22/h3-4,6-11,16,18-19,23H,2,5,12-15,17H2,1H3,(H,33,39)(H,37,38)(H2,32,34,41). The number of urea groups is 1. The van der Waals surface area contributed by atoms with Gasteiger partial charge in [0.15, 0.2) is 0 Å². The number of benzene rings is 1. The minimum atomic E-state index is -1.06. The van der Waals surface area contributed by atoms with E-state index in [0.717, 1.165) is 0 Å². The van der Waals surface area contributed by atoms with Crippen LogP contribution in [0.15, 0.2) is 67.3 Å². The Bertz CT molecular complexity index is 1370. The molecule has 0 aliphatic carbocycles. The van der Waals surface area contributed by atoms with Crippen LogP contribution in [0.5, 0.6) is 0 Å². The number of rotatable bonds is 9. The van der Waals surface area contributed by atoms with Crippen LogP contribution in [-0.4, -0.2) is 76.5 Å². The number of anilines is 2. The smallest absolute Gasteiger partial charge is 0.319 e. The van der Waals surface area contributed by atoms with Gasteiger partial charge in [-0.05, 0) is 55.3 Å². The van der Waals surface area contributed by atoms with E-state index in [0.29, 0.717) is 61.6 Å². The number of carbonyl (C=O) groups is 4. The molecular formula is C29H33N7O5. The zero-order valence-electron chi connectivity index (χ0n) is 22.7. The van der Waals surface area contributed by atoms with E-state index in [9.17, 15) is 24.3 Å². The number of pyridine rings is 2. The van der Waals surface area contributed by atoms with Crippen LogP contribution >= 0.6 is 0 Å². The quantitative estimate of drug-likeness (QED) is 0.312. The Labute approximate surface area is 237 Å². The van der Waals surface area contributed by atoms with Crippen molar-refractivity contribution in [1.82, 2.24) is 25.5 Å². The second-order valence-corrected chi connectivity index (χ2v) is 9.50. The predicted molar refractivity (Wildman–Crippen MR) is 153 cm³/mol. The number of nitrogens with one attached hydrogen (secondary N) is 3. The van der Waals surface area contributed by atoms with Crippen LogP contribution in [0.25, 0.3) is 0 Å². The van der Waals surface area contributed by atoms with Gasteiger partial charge in [-0.25, -0.2) is 4.79 Å². The topological polar surface area (TPSA) is 157 Å². The molecule has 1 atom stereocenters. The molecule has 214 valence electrons. The Kier molecular flexibility index (Phi) is 9.81. The molecule has 12 nitrogen and oxygen atoms in total. The Morgan fingerprint density at radius 1 is 0.951 bits per heavy atom. The van der Waals surface area contributed by atoms with E-state index in [1.54, 1.807) is 72.9 Å². The van der Waals surface area contributed by atoms with E-state index in [-0.39, 0.29) is 17.9 Å². The normalized spacial score (nSPS) is 14.0. The molecule has 0 bridgehead atoms. The van der Waals surface area contributed by atoms with E-state index >= 15 is 0 Å². The molecule has 4 rings (SSSR count). The van der Waals surface area contributed by atoms with E-state index < -0.39 is 23.9 Å². The highest BCUT2D eigenvalue weighted by atomic mass is 16.4. The van der Waals surface area contributed by atoms with Crippen molar-refractivity contribution in [2.45, 2.75) is 25.8 Å². The molecule has 3 aromatic rings. The molecule has 4 N–H and O–H groups in total. The summed E-state index contributed by atoms with van der Waals surface area (Å²) in [6.45, 7) is 4.41. The summed E-state index contributed by atoms with van der Waals surface area (Å²) >= 11 is 0. The molecule has 12 heteroatoms. The van der Waals surface area contributed by atoms with Crippen molar-refractivity contribution in [3.05, 3.63) is 83.9 Å². The van der Waals surface area contributed by atoms with Crippen LogP contribution in [-0.2, 0) is 4.79 Å². The fourth-order valence-corrected chi connectivity index (χ4v) is 4.66. The van der Waals surface area contributed by atoms with Crippen LogP contribution < -0.4 is 20.9 Å². The minimum absolute atomic E-state index is 0.0860. The van der Waals surface area contributed by atoms with E-state index in [4.69, 9.17) is 0 Å². The summed E-state index contributed by atoms with van der Waals surface area (Å²) < 4.78 is 0. The molecule has 3 heterocycles. The molecule has 1 fully saturated rings. The average Bonchev–Trinajstić information content (AvgIpc) is 3.23. The summed E-state index contributed by atoms with van der Waals surface area (Å²) in [5, 5.41) is 17.7. The third kappa shape index (κ3) is 7.78. The summed E-state index contributed by atoms with van der Waals surface area (Å²) in [5.41, 5.74) is 2.48. The first kappa shape index (κ1) is 29.0. The molecule has 1 aliphatic rings. The summed E-state index contributed by atoms with van der Waals surface area (Å²) in [6, 6.07) is 10.6. The molecule has 41 heavy (non-hydrogen) atoms. The third-order valence-electron chi connectivity index (χ3n) is 6.65. The van der Waals surface area contributed by atoms with Crippen molar-refractivity contribution in [3.8, 4) is 0 Å². The lowest BCUT2D eigenvalue weighted by Crippen LogP contribution is -2.36. The molecule has 0 radical (unpaired) electrons. The molecule has 0 spiro atoms. The van der Waals surface area contributed by atoms with Gasteiger partial charge in [-0.3, -0.25) is 24.4 Å². The molecule has 1 unspecified atom stereocenters. The first-order valence-corrected chi connectivity index (χ1v) is 13.4. The van der Waals surface area contributed by atoms with Gasteiger partial charge in [-0.2, -0.15) is 0 Å². The number of carboxylic acid groups (broad SMARTS) is 1. The van der Waals surface area contributed by atoms with Crippen molar-refractivity contribution >= 4 is 35.2 Å². The van der Waals surface area contributed by atoms with E-state index in [1.807, 2.05) is 0 Å². The average molecular weight is 560 g/mol. The van der Waals surface area contributed by atoms with Gasteiger partial charge in [0.2, 0.25) is 0 Å². The highest BCUT2D eigenvalue weighted by Gasteiger charge is 2.24. The number of carbonyl (C=O) groups excluding carboxylic acids is 3. The summed E-state index contributed by atoms with van der Waals surface area (Å²) in [7, 11) is 0. The lowest BCUT2D eigenvalue weighted by atomic mass is 10.0. The summed E-state index contributed by atoms with van der Waals surface area (Å²) in [4.78, 5) is 62.1. The lowest BCUT2D eigenvalue weighted by molar-refractivity contribution is -0.137. The van der Waals surface area contributed by atoms with Crippen LogP contribution in [0.2, 0.25) is 0 Å². The Balaban J connectivity index is 1.55. The van der Waals surface area contributed by atoms with Crippen molar-refractivity contribution in [3.63, 3.8) is 0 Å². The predicted octanol–water partition coefficient (Wildman–Crippen LogP) is 2.92. The van der Waals surface area contributed by atoms with Gasteiger partial charge < -0.3 is 30.9 Å². The van der Waals surface area contributed by atoms with Crippen molar-refractivity contribution in [2.75, 3.05) is 42.9 Å². The highest BCUT2D eigenvalue weighted by Crippen LogP contribution is 2.29. The van der Waals surface area contributed by atoms with E-state index in [2.05, 4.69) is 30.8 Å². The zero-order chi connectivity index (χ0) is 29.2.